The summed E-state index contributed by atoms with van der Waals surface area (Å²) in [5, 5.41) is 7.71. The van der Waals surface area contributed by atoms with Crippen LogP contribution in [0.5, 0.6) is 0 Å². The molecule has 1 saturated heterocycles. The number of aryl methyl sites for hydroxylation is 1. The molecule has 1 aromatic rings. The predicted molar refractivity (Wildman–Crippen MR) is 65.8 cm³/mol. The van der Waals surface area contributed by atoms with Crippen LogP contribution >= 0.6 is 11.3 Å². The van der Waals surface area contributed by atoms with Crippen molar-refractivity contribution in [2.45, 2.75) is 26.0 Å². The maximum atomic E-state index is 5.77. The highest BCUT2D eigenvalue weighted by Gasteiger charge is 2.31. The second-order valence-corrected chi connectivity index (χ2v) is 5.74. The molecule has 0 aromatic carbocycles. The zero-order valence-corrected chi connectivity index (χ0v) is 10.7. The van der Waals surface area contributed by atoms with Crippen molar-refractivity contribution < 1.29 is 4.74 Å². The van der Waals surface area contributed by atoms with Gasteiger partial charge in [0.1, 0.15) is 0 Å². The first-order valence-corrected chi connectivity index (χ1v) is 6.46. The molecule has 2 rings (SSSR count). The minimum Gasteiger partial charge on any atom is -0.371 e. The van der Waals surface area contributed by atoms with Gasteiger partial charge < -0.3 is 15.4 Å². The highest BCUT2D eigenvalue weighted by molar-refractivity contribution is 7.11. The fraction of sp³-hybridized carbons (Fsp3) is 0.727. The van der Waals surface area contributed by atoms with E-state index in [4.69, 9.17) is 4.74 Å². The van der Waals surface area contributed by atoms with Crippen LogP contribution in [0.1, 0.15) is 16.8 Å². The molecule has 0 unspecified atom stereocenters. The zero-order chi connectivity index (χ0) is 11.4. The first kappa shape index (κ1) is 12.0. The van der Waals surface area contributed by atoms with Gasteiger partial charge in [-0.05, 0) is 13.8 Å². The largest absolute Gasteiger partial charge is 0.371 e. The number of ether oxygens (including phenoxy) is 1. The smallest absolute Gasteiger partial charge is 0.0902 e. The second kappa shape index (κ2) is 5.23. The molecule has 0 amide bonds. The van der Waals surface area contributed by atoms with Crippen LogP contribution in [-0.4, -0.2) is 36.8 Å². The Balaban J connectivity index is 1.55. The van der Waals surface area contributed by atoms with Crippen LogP contribution in [0.4, 0.5) is 0 Å². The Morgan fingerprint density at radius 3 is 3.00 bits per heavy atom. The second-order valence-electron chi connectivity index (χ2n) is 4.42. The third-order valence-electron chi connectivity index (χ3n) is 2.70. The van der Waals surface area contributed by atoms with Crippen molar-refractivity contribution >= 4 is 11.3 Å². The summed E-state index contributed by atoms with van der Waals surface area (Å²) >= 11 is 1.74. The number of aromatic nitrogens is 1. The van der Waals surface area contributed by atoms with Gasteiger partial charge in [0.2, 0.25) is 0 Å². The molecule has 0 bridgehead atoms. The minimum atomic E-state index is 0.0722. The van der Waals surface area contributed by atoms with Crippen molar-refractivity contribution in [3.63, 3.8) is 0 Å². The van der Waals surface area contributed by atoms with Crippen molar-refractivity contribution in [1.82, 2.24) is 15.6 Å². The van der Waals surface area contributed by atoms with E-state index in [-0.39, 0.29) is 5.60 Å². The van der Waals surface area contributed by atoms with E-state index in [9.17, 15) is 0 Å². The number of hydrogen-bond donors (Lipinski definition) is 2. The summed E-state index contributed by atoms with van der Waals surface area (Å²) in [6.07, 6.45) is 1.94. The molecule has 16 heavy (non-hydrogen) atoms. The van der Waals surface area contributed by atoms with E-state index in [1.165, 1.54) is 4.88 Å². The Morgan fingerprint density at radius 1 is 1.62 bits per heavy atom. The van der Waals surface area contributed by atoms with Gasteiger partial charge in [-0.25, -0.2) is 4.98 Å². The molecule has 1 fully saturated rings. The van der Waals surface area contributed by atoms with E-state index >= 15 is 0 Å². The summed E-state index contributed by atoms with van der Waals surface area (Å²) < 4.78 is 5.77. The van der Waals surface area contributed by atoms with Gasteiger partial charge in [-0.2, -0.15) is 0 Å². The van der Waals surface area contributed by atoms with Gasteiger partial charge in [0, 0.05) is 37.3 Å². The minimum absolute atomic E-state index is 0.0722. The van der Waals surface area contributed by atoms with E-state index in [0.29, 0.717) is 0 Å². The standard InChI is InChI=1S/C11H19N3OS/c1-9-14-6-10(16-9)5-12-3-4-15-11(2)7-13-8-11/h6,12-13H,3-5,7-8H2,1-2H3. The summed E-state index contributed by atoms with van der Waals surface area (Å²) in [5.41, 5.74) is 0.0722. The zero-order valence-electron chi connectivity index (χ0n) is 9.88. The summed E-state index contributed by atoms with van der Waals surface area (Å²) in [4.78, 5) is 5.50. The summed E-state index contributed by atoms with van der Waals surface area (Å²) in [5.74, 6) is 0. The molecule has 1 aromatic heterocycles. The number of nitrogens with one attached hydrogen (secondary N) is 2. The van der Waals surface area contributed by atoms with Gasteiger partial charge in [-0.3, -0.25) is 0 Å². The van der Waals surface area contributed by atoms with E-state index < -0.39 is 0 Å². The first-order valence-electron chi connectivity index (χ1n) is 5.65. The molecule has 2 heterocycles. The monoisotopic (exact) mass is 241 g/mol. The maximum Gasteiger partial charge on any atom is 0.0902 e. The van der Waals surface area contributed by atoms with Crippen LogP contribution in [0, 0.1) is 6.92 Å². The van der Waals surface area contributed by atoms with E-state index in [1.807, 2.05) is 13.1 Å². The first-order chi connectivity index (χ1) is 7.68. The quantitative estimate of drug-likeness (QED) is 0.727. The molecule has 2 N–H and O–H groups in total. The van der Waals surface area contributed by atoms with Crippen LogP contribution in [0.25, 0.3) is 0 Å². The Morgan fingerprint density at radius 2 is 2.44 bits per heavy atom. The van der Waals surface area contributed by atoms with Gasteiger partial charge in [-0.15, -0.1) is 11.3 Å². The van der Waals surface area contributed by atoms with Crippen LogP contribution in [0.15, 0.2) is 6.20 Å². The van der Waals surface area contributed by atoms with Gasteiger partial charge in [-0.1, -0.05) is 0 Å². The van der Waals surface area contributed by atoms with Crippen molar-refractivity contribution in [3.8, 4) is 0 Å². The van der Waals surface area contributed by atoms with Gasteiger partial charge in [0.05, 0.1) is 17.2 Å². The Labute approximate surface area is 100 Å². The molecule has 0 spiro atoms. The van der Waals surface area contributed by atoms with Gasteiger partial charge >= 0.3 is 0 Å². The predicted octanol–water partition coefficient (Wildman–Crippen LogP) is 0.920. The molecule has 90 valence electrons. The van der Waals surface area contributed by atoms with E-state index in [1.54, 1.807) is 11.3 Å². The van der Waals surface area contributed by atoms with Crippen molar-refractivity contribution in [2.75, 3.05) is 26.2 Å². The van der Waals surface area contributed by atoms with Gasteiger partial charge in [0.15, 0.2) is 0 Å². The van der Waals surface area contributed by atoms with Crippen LogP contribution in [-0.2, 0) is 11.3 Å². The van der Waals surface area contributed by atoms with Crippen molar-refractivity contribution in [2.24, 2.45) is 0 Å². The lowest BCUT2D eigenvalue weighted by molar-refractivity contribution is -0.0648. The summed E-state index contributed by atoms with van der Waals surface area (Å²) in [7, 11) is 0. The highest BCUT2D eigenvalue weighted by Crippen LogP contribution is 2.14. The summed E-state index contributed by atoms with van der Waals surface area (Å²) in [6.45, 7) is 8.69. The number of hydrogen-bond acceptors (Lipinski definition) is 5. The molecule has 4 nitrogen and oxygen atoms in total. The van der Waals surface area contributed by atoms with Crippen molar-refractivity contribution in [1.29, 1.82) is 0 Å². The third kappa shape index (κ3) is 3.25. The average molecular weight is 241 g/mol. The Hall–Kier alpha value is -0.490. The molecule has 1 aliphatic rings. The maximum absolute atomic E-state index is 5.77. The fourth-order valence-electron chi connectivity index (χ4n) is 1.65. The number of nitrogens with zero attached hydrogens (tertiary/aromatic N) is 1. The lowest BCUT2D eigenvalue weighted by Gasteiger charge is -2.39. The number of rotatable bonds is 6. The topological polar surface area (TPSA) is 46.2 Å². The molecular weight excluding hydrogens is 222 g/mol. The fourth-order valence-corrected chi connectivity index (χ4v) is 2.41. The summed E-state index contributed by atoms with van der Waals surface area (Å²) in [6, 6.07) is 0. The van der Waals surface area contributed by atoms with E-state index in [2.05, 4.69) is 22.5 Å². The average Bonchev–Trinajstić information content (AvgIpc) is 2.61. The van der Waals surface area contributed by atoms with Crippen LogP contribution in [0.2, 0.25) is 0 Å². The van der Waals surface area contributed by atoms with Crippen LogP contribution in [0.3, 0.4) is 0 Å². The number of thiazole rings is 1. The molecule has 0 radical (unpaired) electrons. The third-order valence-corrected chi connectivity index (χ3v) is 3.61. The Bertz CT molecular complexity index is 336. The molecule has 0 aliphatic carbocycles. The SMILES string of the molecule is Cc1ncc(CNCCOC2(C)CNC2)s1. The molecule has 0 atom stereocenters. The molecule has 1 aliphatic heterocycles. The van der Waals surface area contributed by atoms with Gasteiger partial charge in [0.25, 0.3) is 0 Å². The highest BCUT2D eigenvalue weighted by atomic mass is 32.1. The lowest BCUT2D eigenvalue weighted by Crippen LogP contribution is -2.59. The van der Waals surface area contributed by atoms with E-state index in [0.717, 1.165) is 37.8 Å². The molecule has 0 saturated carbocycles. The van der Waals surface area contributed by atoms with Crippen molar-refractivity contribution in [3.05, 3.63) is 16.1 Å². The van der Waals surface area contributed by atoms with Crippen LogP contribution < -0.4 is 10.6 Å². The molecule has 5 heteroatoms. The lowest BCUT2D eigenvalue weighted by atomic mass is 10.0. The Kier molecular flexibility index (Phi) is 3.91. The normalized spacial score (nSPS) is 18.4. The molecular formula is C11H19N3OS.